The molecule has 1 aromatic carbocycles. The SMILES string of the molecule is Cc1ccc(OCC(=O)NC2CCN(S(=O)(=O)c3cccs3)CC2)c(C)c1. The summed E-state index contributed by atoms with van der Waals surface area (Å²) >= 11 is 1.23. The van der Waals surface area contributed by atoms with E-state index in [1.807, 2.05) is 32.0 Å². The Morgan fingerprint density at radius 3 is 2.63 bits per heavy atom. The lowest BCUT2D eigenvalue weighted by Gasteiger charge is -2.31. The molecule has 2 heterocycles. The molecule has 1 aliphatic heterocycles. The van der Waals surface area contributed by atoms with Crippen LogP contribution in [0, 0.1) is 13.8 Å². The van der Waals surface area contributed by atoms with Gasteiger partial charge in [0.1, 0.15) is 9.96 Å². The van der Waals surface area contributed by atoms with Gasteiger partial charge in [0.2, 0.25) is 0 Å². The summed E-state index contributed by atoms with van der Waals surface area (Å²) in [4.78, 5) is 12.2. The molecule has 8 heteroatoms. The lowest BCUT2D eigenvalue weighted by atomic mass is 10.1. The summed E-state index contributed by atoms with van der Waals surface area (Å²) in [5.74, 6) is 0.516. The van der Waals surface area contributed by atoms with Crippen molar-refractivity contribution in [3.63, 3.8) is 0 Å². The molecule has 0 bridgehead atoms. The third kappa shape index (κ3) is 4.88. The van der Waals surface area contributed by atoms with E-state index in [1.165, 1.54) is 15.6 Å². The molecular formula is C19H24N2O4S2. The molecule has 3 rings (SSSR count). The minimum Gasteiger partial charge on any atom is -0.484 e. The number of carbonyl (C=O) groups is 1. The number of nitrogens with zero attached hydrogens (tertiary/aromatic N) is 1. The minimum absolute atomic E-state index is 0.0324. The van der Waals surface area contributed by atoms with E-state index in [4.69, 9.17) is 4.74 Å². The zero-order valence-electron chi connectivity index (χ0n) is 15.5. The molecule has 1 N–H and O–H groups in total. The van der Waals surface area contributed by atoms with Gasteiger partial charge in [-0.3, -0.25) is 4.79 Å². The van der Waals surface area contributed by atoms with Crippen molar-refractivity contribution in [1.29, 1.82) is 0 Å². The van der Waals surface area contributed by atoms with E-state index >= 15 is 0 Å². The van der Waals surface area contributed by atoms with Gasteiger partial charge in [-0.1, -0.05) is 23.8 Å². The number of amides is 1. The van der Waals surface area contributed by atoms with Crippen LogP contribution in [0.4, 0.5) is 0 Å². The number of benzene rings is 1. The van der Waals surface area contributed by atoms with Crippen LogP contribution in [0.5, 0.6) is 5.75 Å². The van der Waals surface area contributed by atoms with Crippen LogP contribution in [0.1, 0.15) is 24.0 Å². The fourth-order valence-electron chi connectivity index (χ4n) is 3.15. The third-order valence-corrected chi connectivity index (χ3v) is 7.87. The number of sulfonamides is 1. The van der Waals surface area contributed by atoms with Crippen LogP contribution in [0.3, 0.4) is 0 Å². The van der Waals surface area contributed by atoms with Crippen LogP contribution >= 0.6 is 11.3 Å². The molecule has 0 aliphatic carbocycles. The second kappa shape index (κ2) is 8.41. The molecule has 146 valence electrons. The molecule has 1 aliphatic rings. The zero-order valence-corrected chi connectivity index (χ0v) is 17.1. The van der Waals surface area contributed by atoms with Crippen LogP contribution in [0.25, 0.3) is 0 Å². The van der Waals surface area contributed by atoms with Gasteiger partial charge in [0, 0.05) is 19.1 Å². The van der Waals surface area contributed by atoms with Crippen molar-refractivity contribution in [2.75, 3.05) is 19.7 Å². The summed E-state index contributed by atoms with van der Waals surface area (Å²) in [5.41, 5.74) is 2.14. The smallest absolute Gasteiger partial charge is 0.258 e. The molecule has 6 nitrogen and oxygen atoms in total. The highest BCUT2D eigenvalue weighted by atomic mass is 32.2. The predicted octanol–water partition coefficient (Wildman–Crippen LogP) is 2.71. The highest BCUT2D eigenvalue weighted by Crippen LogP contribution is 2.24. The largest absolute Gasteiger partial charge is 0.484 e. The van der Waals surface area contributed by atoms with Crippen LogP contribution in [0.2, 0.25) is 0 Å². The van der Waals surface area contributed by atoms with Gasteiger partial charge in [-0.15, -0.1) is 11.3 Å². The molecule has 1 fully saturated rings. The Morgan fingerprint density at radius 1 is 1.26 bits per heavy atom. The van der Waals surface area contributed by atoms with E-state index in [0.29, 0.717) is 35.9 Å². The summed E-state index contributed by atoms with van der Waals surface area (Å²) in [6.45, 7) is 4.72. The maximum Gasteiger partial charge on any atom is 0.258 e. The Kier molecular flexibility index (Phi) is 6.18. The molecule has 0 saturated carbocycles. The number of nitrogens with one attached hydrogen (secondary N) is 1. The first-order valence-electron chi connectivity index (χ1n) is 8.89. The van der Waals surface area contributed by atoms with Crippen molar-refractivity contribution in [3.8, 4) is 5.75 Å². The predicted molar refractivity (Wildman–Crippen MR) is 106 cm³/mol. The molecule has 1 saturated heterocycles. The lowest BCUT2D eigenvalue weighted by Crippen LogP contribution is -2.47. The number of aryl methyl sites for hydroxylation is 2. The summed E-state index contributed by atoms with van der Waals surface area (Å²) < 4.78 is 32.5. The molecule has 0 spiro atoms. The first-order chi connectivity index (χ1) is 12.9. The molecule has 0 unspecified atom stereocenters. The molecule has 0 atom stereocenters. The number of hydrogen-bond donors (Lipinski definition) is 1. The van der Waals surface area contributed by atoms with Crippen LogP contribution in [-0.2, 0) is 14.8 Å². The van der Waals surface area contributed by atoms with Crippen molar-refractivity contribution in [2.24, 2.45) is 0 Å². The van der Waals surface area contributed by atoms with Crippen LogP contribution in [0.15, 0.2) is 39.9 Å². The van der Waals surface area contributed by atoms with E-state index in [9.17, 15) is 13.2 Å². The Morgan fingerprint density at radius 2 is 2.00 bits per heavy atom. The van der Waals surface area contributed by atoms with E-state index in [1.54, 1.807) is 17.5 Å². The van der Waals surface area contributed by atoms with Gasteiger partial charge in [-0.25, -0.2) is 8.42 Å². The number of rotatable bonds is 6. The molecule has 1 aromatic heterocycles. The first kappa shape index (κ1) is 19.9. The number of thiophene rings is 1. The Balaban J connectivity index is 1.47. The van der Waals surface area contributed by atoms with Gasteiger partial charge in [-0.2, -0.15) is 4.31 Å². The van der Waals surface area contributed by atoms with E-state index in [0.717, 1.165) is 11.1 Å². The third-order valence-electron chi connectivity index (χ3n) is 4.60. The standard InChI is InChI=1S/C19H24N2O4S2/c1-14-5-6-17(15(2)12-14)25-13-18(22)20-16-7-9-21(10-8-16)27(23,24)19-4-3-11-26-19/h3-6,11-12,16H,7-10,13H2,1-2H3,(H,20,22). The maximum absolute atomic E-state index is 12.5. The topological polar surface area (TPSA) is 75.7 Å². The summed E-state index contributed by atoms with van der Waals surface area (Å²) in [5, 5.41) is 4.70. The second-order valence-corrected chi connectivity index (χ2v) is 9.85. The number of piperidine rings is 1. The molecule has 1 amide bonds. The fourth-order valence-corrected chi connectivity index (χ4v) is 5.77. The van der Waals surface area contributed by atoms with Crippen LogP contribution in [-0.4, -0.2) is 44.4 Å². The Bertz CT molecular complexity index is 886. The molecule has 27 heavy (non-hydrogen) atoms. The average molecular weight is 409 g/mol. The van der Waals surface area contributed by atoms with Gasteiger partial charge in [-0.05, 0) is 49.8 Å². The fraction of sp³-hybridized carbons (Fsp3) is 0.421. The maximum atomic E-state index is 12.5. The monoisotopic (exact) mass is 408 g/mol. The minimum atomic E-state index is -3.41. The molecular weight excluding hydrogens is 384 g/mol. The second-order valence-electron chi connectivity index (χ2n) is 6.74. The first-order valence-corrected chi connectivity index (χ1v) is 11.2. The summed E-state index contributed by atoms with van der Waals surface area (Å²) in [6, 6.07) is 9.15. The highest BCUT2D eigenvalue weighted by molar-refractivity contribution is 7.91. The van der Waals surface area contributed by atoms with Crippen molar-refractivity contribution in [3.05, 3.63) is 46.8 Å². The highest BCUT2D eigenvalue weighted by Gasteiger charge is 2.30. The van der Waals surface area contributed by atoms with Gasteiger partial charge in [0.15, 0.2) is 6.61 Å². The number of ether oxygens (including phenoxy) is 1. The van der Waals surface area contributed by atoms with Gasteiger partial charge < -0.3 is 10.1 Å². The van der Waals surface area contributed by atoms with Crippen molar-refractivity contribution in [2.45, 2.75) is 36.9 Å². The normalized spacial score (nSPS) is 16.2. The summed E-state index contributed by atoms with van der Waals surface area (Å²) in [7, 11) is -3.41. The van der Waals surface area contributed by atoms with E-state index < -0.39 is 10.0 Å². The van der Waals surface area contributed by atoms with E-state index in [-0.39, 0.29) is 18.6 Å². The Hall–Kier alpha value is -1.90. The van der Waals surface area contributed by atoms with Crippen LogP contribution < -0.4 is 10.1 Å². The van der Waals surface area contributed by atoms with Crippen molar-refractivity contribution < 1.29 is 17.9 Å². The van der Waals surface area contributed by atoms with Crippen molar-refractivity contribution in [1.82, 2.24) is 9.62 Å². The lowest BCUT2D eigenvalue weighted by molar-refractivity contribution is -0.124. The quantitative estimate of drug-likeness (QED) is 0.797. The van der Waals surface area contributed by atoms with Crippen molar-refractivity contribution >= 4 is 27.3 Å². The number of carbonyl (C=O) groups excluding carboxylic acids is 1. The molecule has 0 radical (unpaired) electrons. The summed E-state index contributed by atoms with van der Waals surface area (Å²) in [6.07, 6.45) is 1.19. The zero-order chi connectivity index (χ0) is 19.4. The van der Waals surface area contributed by atoms with Gasteiger partial charge >= 0.3 is 0 Å². The van der Waals surface area contributed by atoms with Gasteiger partial charge in [0.05, 0.1) is 0 Å². The number of hydrogen-bond acceptors (Lipinski definition) is 5. The van der Waals surface area contributed by atoms with Gasteiger partial charge in [0.25, 0.3) is 15.9 Å². The Labute approximate surface area is 164 Å². The average Bonchev–Trinajstić information content (AvgIpc) is 3.17. The molecule has 2 aromatic rings. The van der Waals surface area contributed by atoms with E-state index in [2.05, 4.69) is 5.32 Å².